The third-order valence-electron chi connectivity index (χ3n) is 2.34. The number of rotatable bonds is 3. The Morgan fingerprint density at radius 1 is 1.47 bits per heavy atom. The number of carbonyl (C=O) groups excluding carboxylic acids is 1. The average molecular weight is 264 g/mol. The van der Waals surface area contributed by atoms with E-state index in [4.69, 9.17) is 0 Å². The second-order valence-electron chi connectivity index (χ2n) is 3.40. The van der Waals surface area contributed by atoms with Gasteiger partial charge in [-0.05, 0) is 11.8 Å². The van der Waals surface area contributed by atoms with Gasteiger partial charge in [-0.3, -0.25) is 9.20 Å². The molecule has 0 radical (unpaired) electrons. The number of fused-ring (bicyclic) bond motifs is 1. The van der Waals surface area contributed by atoms with Crippen LogP contribution in [0.25, 0.3) is 4.96 Å². The molecule has 0 amide bonds. The Morgan fingerprint density at radius 3 is 3.06 bits per heavy atom. The highest BCUT2D eigenvalue weighted by Crippen LogP contribution is 2.29. The van der Waals surface area contributed by atoms with Crippen molar-refractivity contribution in [1.82, 2.24) is 18.9 Å². The Hall–Kier alpha value is -1.60. The fraction of sp³-hybridized carbons (Fsp3) is 0.100. The van der Waals surface area contributed by atoms with E-state index in [1.54, 1.807) is 10.6 Å². The van der Waals surface area contributed by atoms with Gasteiger partial charge in [0.1, 0.15) is 10.7 Å². The summed E-state index contributed by atoms with van der Waals surface area (Å²) in [5.41, 5.74) is 0.578. The van der Waals surface area contributed by atoms with Crippen molar-refractivity contribution in [3.05, 3.63) is 29.7 Å². The minimum atomic E-state index is 0.578. The first-order valence-corrected chi connectivity index (χ1v) is 6.55. The summed E-state index contributed by atoms with van der Waals surface area (Å²) in [6.45, 7) is 0. The maximum atomic E-state index is 11.1. The Bertz CT molecular complexity index is 681. The van der Waals surface area contributed by atoms with E-state index in [1.165, 1.54) is 23.1 Å². The molecule has 7 heteroatoms. The highest BCUT2D eigenvalue weighted by Gasteiger charge is 2.15. The highest BCUT2D eigenvalue weighted by atomic mass is 32.2. The van der Waals surface area contributed by atoms with Crippen molar-refractivity contribution in [2.24, 2.45) is 7.05 Å². The predicted molar refractivity (Wildman–Crippen MR) is 65.8 cm³/mol. The van der Waals surface area contributed by atoms with E-state index >= 15 is 0 Å². The zero-order valence-electron chi connectivity index (χ0n) is 8.90. The molecular formula is C10H8N4OS2. The number of aryl methyl sites for hydroxylation is 1. The largest absolute Gasteiger partial charge is 0.329 e. The van der Waals surface area contributed by atoms with Crippen molar-refractivity contribution < 1.29 is 4.79 Å². The van der Waals surface area contributed by atoms with Crippen LogP contribution in [0.3, 0.4) is 0 Å². The summed E-state index contributed by atoms with van der Waals surface area (Å²) >= 11 is 2.90. The van der Waals surface area contributed by atoms with Crippen molar-refractivity contribution in [2.45, 2.75) is 10.2 Å². The Labute approximate surface area is 105 Å². The molecule has 0 N–H and O–H groups in total. The fourth-order valence-corrected chi connectivity index (χ4v) is 3.16. The van der Waals surface area contributed by atoms with Crippen LogP contribution in [0.1, 0.15) is 10.5 Å². The molecule has 0 aliphatic heterocycles. The lowest BCUT2D eigenvalue weighted by Gasteiger charge is -1.98. The molecule has 3 rings (SSSR count). The molecule has 17 heavy (non-hydrogen) atoms. The van der Waals surface area contributed by atoms with Crippen LogP contribution in [0, 0.1) is 0 Å². The van der Waals surface area contributed by atoms with Gasteiger partial charge in [0.2, 0.25) is 0 Å². The Morgan fingerprint density at radius 2 is 2.35 bits per heavy atom. The van der Waals surface area contributed by atoms with Crippen molar-refractivity contribution in [1.29, 1.82) is 0 Å². The van der Waals surface area contributed by atoms with E-state index < -0.39 is 0 Å². The Kier molecular flexibility index (Phi) is 2.49. The molecule has 0 atom stereocenters. The standard InChI is InChI=1S/C10H8N4OS2/c1-13-3-2-11-9(13)17-8-7(6-15)14-4-5-16-10(14)12-8/h2-6H,1H3. The van der Waals surface area contributed by atoms with Crippen LogP contribution in [-0.4, -0.2) is 25.2 Å². The lowest BCUT2D eigenvalue weighted by atomic mass is 10.5. The van der Waals surface area contributed by atoms with Gasteiger partial charge >= 0.3 is 0 Å². The molecule has 0 aliphatic rings. The van der Waals surface area contributed by atoms with E-state index in [2.05, 4.69) is 9.97 Å². The second-order valence-corrected chi connectivity index (χ2v) is 5.23. The summed E-state index contributed by atoms with van der Waals surface area (Å²) in [6.07, 6.45) is 6.26. The summed E-state index contributed by atoms with van der Waals surface area (Å²) in [5, 5.41) is 3.42. The van der Waals surface area contributed by atoms with Gasteiger partial charge < -0.3 is 4.57 Å². The lowest BCUT2D eigenvalue weighted by molar-refractivity contribution is 0.111. The number of aldehydes is 1. The summed E-state index contributed by atoms with van der Waals surface area (Å²) in [6, 6.07) is 0. The van der Waals surface area contributed by atoms with Crippen molar-refractivity contribution in [2.75, 3.05) is 0 Å². The SMILES string of the molecule is Cn1ccnc1Sc1nc2sccn2c1C=O. The molecule has 0 fully saturated rings. The van der Waals surface area contributed by atoms with Gasteiger partial charge in [0, 0.05) is 31.0 Å². The summed E-state index contributed by atoms with van der Waals surface area (Å²) in [5.74, 6) is 0. The molecule has 3 heterocycles. The fourth-order valence-electron chi connectivity index (χ4n) is 1.50. The normalized spacial score (nSPS) is 11.1. The van der Waals surface area contributed by atoms with Gasteiger partial charge in [0.25, 0.3) is 0 Å². The van der Waals surface area contributed by atoms with E-state index in [9.17, 15) is 4.79 Å². The van der Waals surface area contributed by atoms with Gasteiger partial charge in [-0.2, -0.15) is 0 Å². The maximum Gasteiger partial charge on any atom is 0.195 e. The first kappa shape index (κ1) is 10.5. The molecule has 86 valence electrons. The molecule has 0 saturated carbocycles. The third kappa shape index (κ3) is 1.67. The number of hydrogen-bond acceptors (Lipinski definition) is 5. The molecule has 0 aromatic carbocycles. The van der Waals surface area contributed by atoms with Gasteiger partial charge in [-0.15, -0.1) is 11.3 Å². The van der Waals surface area contributed by atoms with Gasteiger partial charge in [-0.1, -0.05) is 0 Å². The van der Waals surface area contributed by atoms with Crippen LogP contribution in [0.2, 0.25) is 0 Å². The van der Waals surface area contributed by atoms with Crippen LogP contribution in [0.15, 0.2) is 34.2 Å². The van der Waals surface area contributed by atoms with Crippen molar-refractivity contribution in [3.8, 4) is 0 Å². The minimum absolute atomic E-state index is 0.578. The molecule has 5 nitrogen and oxygen atoms in total. The van der Waals surface area contributed by atoms with Crippen LogP contribution >= 0.6 is 23.1 Å². The predicted octanol–water partition coefficient (Wildman–Crippen LogP) is 2.09. The molecule has 0 spiro atoms. The summed E-state index contributed by atoms with van der Waals surface area (Å²) in [7, 11) is 1.91. The molecule has 0 aliphatic carbocycles. The number of thiazole rings is 1. The molecular weight excluding hydrogens is 256 g/mol. The smallest absolute Gasteiger partial charge is 0.195 e. The number of aromatic nitrogens is 4. The monoisotopic (exact) mass is 264 g/mol. The first-order chi connectivity index (χ1) is 8.29. The number of nitrogens with zero attached hydrogens (tertiary/aromatic N) is 4. The molecule has 3 aromatic rings. The summed E-state index contributed by atoms with van der Waals surface area (Å²) < 4.78 is 3.69. The number of imidazole rings is 2. The number of hydrogen-bond donors (Lipinski definition) is 0. The zero-order chi connectivity index (χ0) is 11.8. The van der Waals surface area contributed by atoms with Gasteiger partial charge in [-0.25, -0.2) is 9.97 Å². The maximum absolute atomic E-state index is 11.1. The summed E-state index contributed by atoms with van der Waals surface area (Å²) in [4.78, 5) is 20.6. The van der Waals surface area contributed by atoms with E-state index in [0.717, 1.165) is 16.4 Å². The molecule has 3 aromatic heterocycles. The molecule has 0 bridgehead atoms. The van der Waals surface area contributed by atoms with Crippen molar-refractivity contribution >= 4 is 34.3 Å². The van der Waals surface area contributed by atoms with Gasteiger partial charge in [0.05, 0.1) is 0 Å². The van der Waals surface area contributed by atoms with Crippen LogP contribution in [0.4, 0.5) is 0 Å². The first-order valence-electron chi connectivity index (χ1n) is 4.85. The van der Waals surface area contributed by atoms with E-state index in [-0.39, 0.29) is 0 Å². The Balaban J connectivity index is 2.08. The molecule has 0 saturated heterocycles. The van der Waals surface area contributed by atoms with Crippen LogP contribution < -0.4 is 0 Å². The van der Waals surface area contributed by atoms with Crippen LogP contribution in [-0.2, 0) is 7.05 Å². The topological polar surface area (TPSA) is 52.2 Å². The van der Waals surface area contributed by atoms with E-state index in [1.807, 2.05) is 29.4 Å². The third-order valence-corrected chi connectivity index (χ3v) is 4.17. The lowest BCUT2D eigenvalue weighted by Crippen LogP contribution is -1.92. The second kappa shape index (κ2) is 4.01. The average Bonchev–Trinajstić information content (AvgIpc) is 2.96. The van der Waals surface area contributed by atoms with Gasteiger partial charge in [0.15, 0.2) is 16.4 Å². The van der Waals surface area contributed by atoms with E-state index in [0.29, 0.717) is 10.7 Å². The number of carbonyl (C=O) groups is 1. The zero-order valence-corrected chi connectivity index (χ0v) is 10.5. The minimum Gasteiger partial charge on any atom is -0.329 e. The van der Waals surface area contributed by atoms with Crippen LogP contribution in [0.5, 0.6) is 0 Å². The highest BCUT2D eigenvalue weighted by molar-refractivity contribution is 7.99. The van der Waals surface area contributed by atoms with Crippen molar-refractivity contribution in [3.63, 3.8) is 0 Å². The molecule has 0 unspecified atom stereocenters. The quantitative estimate of drug-likeness (QED) is 0.680.